The molecule has 0 saturated carbocycles. The maximum atomic E-state index is 12.4. The molecule has 2 aromatic carbocycles. The van der Waals surface area contributed by atoms with Crippen LogP contribution in [0.2, 0.25) is 0 Å². The summed E-state index contributed by atoms with van der Waals surface area (Å²) in [6.07, 6.45) is 0. The molecule has 0 radical (unpaired) electrons. The lowest BCUT2D eigenvalue weighted by Gasteiger charge is -2.11. The number of rotatable bonds is 8. The van der Waals surface area contributed by atoms with Gasteiger partial charge < -0.3 is 14.8 Å². The number of carbonyl (C=O) groups is 3. The lowest BCUT2D eigenvalue weighted by atomic mass is 9.98. The summed E-state index contributed by atoms with van der Waals surface area (Å²) in [4.78, 5) is 36.2. The van der Waals surface area contributed by atoms with Crippen LogP contribution in [0.3, 0.4) is 0 Å². The van der Waals surface area contributed by atoms with Crippen LogP contribution in [0.5, 0.6) is 5.75 Å². The molecule has 0 aliphatic heterocycles. The van der Waals surface area contributed by atoms with Gasteiger partial charge in [-0.15, -0.1) is 0 Å². The Labute approximate surface area is 166 Å². The van der Waals surface area contributed by atoms with E-state index in [2.05, 4.69) is 10.1 Å². The number of amides is 1. The van der Waals surface area contributed by atoms with Gasteiger partial charge in [0.2, 0.25) is 5.78 Å². The van der Waals surface area contributed by atoms with Crippen LogP contribution >= 0.6 is 0 Å². The lowest BCUT2D eigenvalue weighted by Crippen LogP contribution is -2.32. The predicted octanol–water partition coefficient (Wildman–Crippen LogP) is 3.37. The second-order valence-corrected chi connectivity index (χ2v) is 6.39. The molecule has 8 heteroatoms. The van der Waals surface area contributed by atoms with Crippen LogP contribution in [-0.2, 0) is 9.53 Å². The Hall–Kier alpha value is -3.29. The summed E-state index contributed by atoms with van der Waals surface area (Å²) in [5, 5.41) is 2.25. The van der Waals surface area contributed by atoms with Crippen LogP contribution in [0.1, 0.15) is 37.4 Å². The van der Waals surface area contributed by atoms with E-state index in [0.717, 1.165) is 16.7 Å². The SMILES string of the molecule is Cc1cc(C)c(C(=O)COC(=O)CNC(=O)c2ccccc2OC(F)F)cc1C. The molecule has 0 aliphatic carbocycles. The molecular weight excluding hydrogens is 384 g/mol. The highest BCUT2D eigenvalue weighted by Gasteiger charge is 2.17. The number of ether oxygens (including phenoxy) is 2. The standard InChI is InChI=1S/C21H21F2NO5/c1-12-8-14(3)16(9-13(12)2)17(25)11-28-19(26)10-24-20(27)15-6-4-5-7-18(15)29-21(22)23/h4-9,21H,10-11H2,1-3H3,(H,24,27). The van der Waals surface area contributed by atoms with E-state index >= 15 is 0 Å². The first-order valence-electron chi connectivity index (χ1n) is 8.77. The molecule has 1 N–H and O–H groups in total. The lowest BCUT2D eigenvalue weighted by molar-refractivity contribution is -0.141. The van der Waals surface area contributed by atoms with Gasteiger partial charge in [-0.05, 0) is 55.7 Å². The number of hydrogen-bond donors (Lipinski definition) is 1. The van der Waals surface area contributed by atoms with E-state index < -0.39 is 31.6 Å². The van der Waals surface area contributed by atoms with E-state index in [1.54, 1.807) is 13.0 Å². The largest absolute Gasteiger partial charge is 0.456 e. The summed E-state index contributed by atoms with van der Waals surface area (Å²) >= 11 is 0. The summed E-state index contributed by atoms with van der Waals surface area (Å²) in [6, 6.07) is 9.01. The fourth-order valence-corrected chi connectivity index (χ4v) is 2.64. The number of aryl methyl sites for hydroxylation is 3. The van der Waals surface area contributed by atoms with Gasteiger partial charge in [-0.1, -0.05) is 18.2 Å². The van der Waals surface area contributed by atoms with E-state index in [1.165, 1.54) is 24.3 Å². The highest BCUT2D eigenvalue weighted by atomic mass is 19.3. The van der Waals surface area contributed by atoms with Crippen molar-refractivity contribution in [2.45, 2.75) is 27.4 Å². The van der Waals surface area contributed by atoms with Gasteiger partial charge in [0.15, 0.2) is 6.61 Å². The summed E-state index contributed by atoms with van der Waals surface area (Å²) in [5.74, 6) is -2.29. The molecule has 0 aromatic heterocycles. The number of benzene rings is 2. The Morgan fingerprint density at radius 1 is 0.966 bits per heavy atom. The zero-order chi connectivity index (χ0) is 21.6. The Bertz CT molecular complexity index is 927. The van der Waals surface area contributed by atoms with Crippen LogP contribution in [0.4, 0.5) is 8.78 Å². The minimum absolute atomic E-state index is 0.151. The highest BCUT2D eigenvalue weighted by Crippen LogP contribution is 2.20. The molecule has 0 aliphatic rings. The van der Waals surface area contributed by atoms with Crippen molar-refractivity contribution in [1.29, 1.82) is 0 Å². The summed E-state index contributed by atoms with van der Waals surface area (Å²) in [5.41, 5.74) is 3.08. The minimum atomic E-state index is -3.09. The van der Waals surface area contributed by atoms with Crippen LogP contribution in [-0.4, -0.2) is 37.4 Å². The Morgan fingerprint density at radius 3 is 2.31 bits per heavy atom. The van der Waals surface area contributed by atoms with E-state index in [0.29, 0.717) is 5.56 Å². The van der Waals surface area contributed by atoms with Crippen molar-refractivity contribution in [3.8, 4) is 5.75 Å². The molecule has 0 saturated heterocycles. The van der Waals surface area contributed by atoms with E-state index in [1.807, 2.05) is 19.9 Å². The van der Waals surface area contributed by atoms with Crippen LogP contribution in [0, 0.1) is 20.8 Å². The number of nitrogens with one attached hydrogen (secondary N) is 1. The topological polar surface area (TPSA) is 81.7 Å². The molecular formula is C21H21F2NO5. The van der Waals surface area contributed by atoms with Crippen molar-refractivity contribution in [3.05, 3.63) is 64.2 Å². The number of carbonyl (C=O) groups excluding carboxylic acids is 3. The molecule has 0 heterocycles. The van der Waals surface area contributed by atoms with Crippen molar-refractivity contribution in [2.75, 3.05) is 13.2 Å². The molecule has 0 unspecified atom stereocenters. The smallest absolute Gasteiger partial charge is 0.387 e. The minimum Gasteiger partial charge on any atom is -0.456 e. The van der Waals surface area contributed by atoms with Crippen molar-refractivity contribution in [3.63, 3.8) is 0 Å². The highest BCUT2D eigenvalue weighted by molar-refractivity contribution is 6.00. The fraction of sp³-hybridized carbons (Fsp3) is 0.286. The number of esters is 1. The molecule has 6 nitrogen and oxygen atoms in total. The molecule has 29 heavy (non-hydrogen) atoms. The van der Waals surface area contributed by atoms with Gasteiger partial charge in [0.05, 0.1) is 5.56 Å². The number of Topliss-reactive ketones (excluding diaryl/α,β-unsaturated/α-hetero) is 1. The van der Waals surface area contributed by atoms with Gasteiger partial charge in [0.1, 0.15) is 12.3 Å². The first-order valence-corrected chi connectivity index (χ1v) is 8.77. The molecule has 0 spiro atoms. The van der Waals surface area contributed by atoms with Crippen molar-refractivity contribution in [1.82, 2.24) is 5.32 Å². The number of ketones is 1. The number of para-hydroxylation sites is 1. The summed E-state index contributed by atoms with van der Waals surface area (Å²) < 4.78 is 34.0. The number of alkyl halides is 2. The van der Waals surface area contributed by atoms with Crippen LogP contribution in [0.15, 0.2) is 36.4 Å². The van der Waals surface area contributed by atoms with Gasteiger partial charge >= 0.3 is 12.6 Å². The number of hydrogen-bond acceptors (Lipinski definition) is 5. The third-order valence-electron chi connectivity index (χ3n) is 4.25. The Kier molecular flexibility index (Phi) is 7.41. The van der Waals surface area contributed by atoms with Gasteiger partial charge in [0.25, 0.3) is 5.91 Å². The summed E-state index contributed by atoms with van der Waals surface area (Å²) in [6.45, 7) is 1.52. The first-order chi connectivity index (χ1) is 13.7. The normalized spacial score (nSPS) is 10.6. The average molecular weight is 405 g/mol. The predicted molar refractivity (Wildman–Crippen MR) is 101 cm³/mol. The Morgan fingerprint density at radius 2 is 1.62 bits per heavy atom. The first kappa shape index (κ1) is 22.0. The summed E-state index contributed by atoms with van der Waals surface area (Å²) in [7, 11) is 0. The van der Waals surface area contributed by atoms with Gasteiger partial charge in [0, 0.05) is 5.56 Å². The van der Waals surface area contributed by atoms with Crippen LogP contribution in [0.25, 0.3) is 0 Å². The quantitative estimate of drug-likeness (QED) is 0.538. The van der Waals surface area contributed by atoms with E-state index in [4.69, 9.17) is 4.74 Å². The third kappa shape index (κ3) is 6.10. The van der Waals surface area contributed by atoms with Crippen molar-refractivity contribution in [2.24, 2.45) is 0 Å². The van der Waals surface area contributed by atoms with E-state index in [-0.39, 0.29) is 17.1 Å². The average Bonchev–Trinajstić information content (AvgIpc) is 2.67. The van der Waals surface area contributed by atoms with E-state index in [9.17, 15) is 23.2 Å². The monoisotopic (exact) mass is 405 g/mol. The molecule has 0 bridgehead atoms. The molecule has 154 valence electrons. The van der Waals surface area contributed by atoms with Crippen molar-refractivity contribution >= 4 is 17.7 Å². The van der Waals surface area contributed by atoms with Gasteiger partial charge in [-0.3, -0.25) is 14.4 Å². The maximum Gasteiger partial charge on any atom is 0.387 e. The van der Waals surface area contributed by atoms with Crippen LogP contribution < -0.4 is 10.1 Å². The van der Waals surface area contributed by atoms with Gasteiger partial charge in [-0.2, -0.15) is 8.78 Å². The molecule has 1 amide bonds. The molecule has 0 fully saturated rings. The molecule has 2 rings (SSSR count). The van der Waals surface area contributed by atoms with Crippen molar-refractivity contribution < 1.29 is 32.6 Å². The second kappa shape index (κ2) is 9.77. The maximum absolute atomic E-state index is 12.4. The zero-order valence-corrected chi connectivity index (χ0v) is 16.3. The second-order valence-electron chi connectivity index (χ2n) is 6.39. The molecule has 0 atom stereocenters. The third-order valence-corrected chi connectivity index (χ3v) is 4.25. The molecule has 2 aromatic rings. The fourth-order valence-electron chi connectivity index (χ4n) is 2.64. The van der Waals surface area contributed by atoms with Gasteiger partial charge in [-0.25, -0.2) is 0 Å². The number of halogens is 2. The zero-order valence-electron chi connectivity index (χ0n) is 16.3. The Balaban J connectivity index is 1.90.